The predicted octanol–water partition coefficient (Wildman–Crippen LogP) is 3.09. The number of halogens is 1. The van der Waals surface area contributed by atoms with Crippen molar-refractivity contribution in [3.05, 3.63) is 59.9 Å². The molecule has 0 saturated carbocycles. The summed E-state index contributed by atoms with van der Waals surface area (Å²) in [6.45, 7) is 0.167. The Balaban J connectivity index is 2.06. The minimum Gasteiger partial charge on any atom is -0.481 e. The first kappa shape index (κ1) is 13.6. The Bertz CT molecular complexity index is 644. The highest BCUT2D eigenvalue weighted by atomic mass is 19.1. The van der Waals surface area contributed by atoms with E-state index in [2.05, 4.69) is 11.2 Å². The molecule has 20 heavy (non-hydrogen) atoms. The zero-order valence-corrected chi connectivity index (χ0v) is 10.6. The monoisotopic (exact) mass is 269 g/mol. The number of anilines is 1. The van der Waals surface area contributed by atoms with Gasteiger partial charge in [-0.1, -0.05) is 18.1 Å². The first-order valence-corrected chi connectivity index (χ1v) is 5.93. The zero-order valence-electron chi connectivity index (χ0n) is 10.6. The van der Waals surface area contributed by atoms with Gasteiger partial charge >= 0.3 is 0 Å². The van der Waals surface area contributed by atoms with Crippen molar-refractivity contribution in [2.45, 2.75) is 0 Å². The minimum absolute atomic E-state index is 0.144. The first-order chi connectivity index (χ1) is 9.70. The summed E-state index contributed by atoms with van der Waals surface area (Å²) < 4.78 is 18.6. The number of hydrogen-bond donors (Lipinski definition) is 1. The Kier molecular flexibility index (Phi) is 4.35. The molecule has 0 heterocycles. The summed E-state index contributed by atoms with van der Waals surface area (Å²) in [7, 11) is 0. The summed E-state index contributed by atoms with van der Waals surface area (Å²) in [6, 6.07) is 12.4. The molecule has 0 saturated heterocycles. The van der Waals surface area contributed by atoms with E-state index in [0.29, 0.717) is 11.3 Å². The van der Waals surface area contributed by atoms with Crippen LogP contribution in [0.2, 0.25) is 0 Å². The van der Waals surface area contributed by atoms with Crippen LogP contribution in [-0.4, -0.2) is 12.5 Å². The summed E-state index contributed by atoms with van der Waals surface area (Å²) in [5.74, 6) is 2.06. The Labute approximate surface area is 116 Å². The van der Waals surface area contributed by atoms with E-state index in [1.807, 2.05) is 0 Å². The summed E-state index contributed by atoms with van der Waals surface area (Å²) >= 11 is 0. The molecule has 0 aliphatic heterocycles. The van der Waals surface area contributed by atoms with Crippen molar-refractivity contribution in [1.82, 2.24) is 0 Å². The molecular weight excluding hydrogens is 257 g/mol. The number of terminal acetylenes is 1. The highest BCUT2D eigenvalue weighted by Gasteiger charge is 2.08. The van der Waals surface area contributed by atoms with E-state index < -0.39 is 11.7 Å². The number of ether oxygens (including phenoxy) is 1. The predicted molar refractivity (Wildman–Crippen MR) is 75.1 cm³/mol. The van der Waals surface area contributed by atoms with Gasteiger partial charge in [-0.05, 0) is 36.4 Å². The van der Waals surface area contributed by atoms with E-state index in [1.165, 1.54) is 12.1 Å². The maximum atomic E-state index is 13.4. The van der Waals surface area contributed by atoms with Crippen molar-refractivity contribution in [2.24, 2.45) is 0 Å². The van der Waals surface area contributed by atoms with Gasteiger partial charge in [-0.2, -0.15) is 0 Å². The molecular formula is C16H12FNO2. The van der Waals surface area contributed by atoms with Crippen LogP contribution < -0.4 is 10.1 Å². The van der Waals surface area contributed by atoms with Crippen molar-refractivity contribution in [1.29, 1.82) is 0 Å². The summed E-state index contributed by atoms with van der Waals surface area (Å²) in [6.07, 6.45) is 5.08. The Morgan fingerprint density at radius 3 is 2.55 bits per heavy atom. The van der Waals surface area contributed by atoms with Gasteiger partial charge in [0.1, 0.15) is 18.2 Å². The fourth-order valence-electron chi connectivity index (χ4n) is 1.58. The van der Waals surface area contributed by atoms with Gasteiger partial charge in [0.05, 0.1) is 5.69 Å². The van der Waals surface area contributed by atoms with Crippen LogP contribution in [0.3, 0.4) is 0 Å². The van der Waals surface area contributed by atoms with E-state index in [-0.39, 0.29) is 12.3 Å². The van der Waals surface area contributed by atoms with E-state index in [4.69, 9.17) is 11.2 Å². The van der Waals surface area contributed by atoms with Gasteiger partial charge in [0.25, 0.3) is 5.91 Å². The van der Waals surface area contributed by atoms with Crippen LogP contribution in [0.25, 0.3) is 0 Å². The molecule has 2 rings (SSSR count). The molecule has 100 valence electrons. The van der Waals surface area contributed by atoms with Gasteiger partial charge in [-0.15, -0.1) is 6.42 Å². The molecule has 4 heteroatoms. The van der Waals surface area contributed by atoms with Crippen LogP contribution in [0.1, 0.15) is 10.4 Å². The van der Waals surface area contributed by atoms with Crippen molar-refractivity contribution in [3.8, 4) is 18.1 Å². The lowest BCUT2D eigenvalue weighted by molar-refractivity contribution is 0.102. The van der Waals surface area contributed by atoms with Gasteiger partial charge in [0.15, 0.2) is 0 Å². The number of carbonyl (C=O) groups excluding carboxylic acids is 1. The maximum absolute atomic E-state index is 13.4. The van der Waals surface area contributed by atoms with Crippen molar-refractivity contribution in [3.63, 3.8) is 0 Å². The lowest BCUT2D eigenvalue weighted by Crippen LogP contribution is -2.12. The molecule has 2 aromatic rings. The van der Waals surface area contributed by atoms with Crippen LogP contribution in [-0.2, 0) is 0 Å². The van der Waals surface area contributed by atoms with E-state index in [0.717, 1.165) is 0 Å². The molecule has 0 aliphatic carbocycles. The molecule has 0 atom stereocenters. The number of rotatable bonds is 4. The molecule has 0 bridgehead atoms. The molecule has 0 aromatic heterocycles. The van der Waals surface area contributed by atoms with Crippen LogP contribution in [0, 0.1) is 18.2 Å². The van der Waals surface area contributed by atoms with E-state index in [9.17, 15) is 9.18 Å². The number of nitrogens with one attached hydrogen (secondary N) is 1. The average molecular weight is 269 g/mol. The van der Waals surface area contributed by atoms with Crippen LogP contribution >= 0.6 is 0 Å². The molecule has 3 nitrogen and oxygen atoms in total. The summed E-state index contributed by atoms with van der Waals surface area (Å²) in [5.41, 5.74) is 0.548. The van der Waals surface area contributed by atoms with Crippen molar-refractivity contribution < 1.29 is 13.9 Å². The molecule has 1 amide bonds. The first-order valence-electron chi connectivity index (χ1n) is 5.93. The van der Waals surface area contributed by atoms with Crippen molar-refractivity contribution in [2.75, 3.05) is 11.9 Å². The SMILES string of the molecule is C#CCOc1ccc(C(=O)Nc2ccccc2F)cc1. The number of benzene rings is 2. The second-order valence-corrected chi connectivity index (χ2v) is 3.95. The average Bonchev–Trinajstić information content (AvgIpc) is 2.48. The number of amides is 1. The highest BCUT2D eigenvalue weighted by molar-refractivity contribution is 6.04. The lowest BCUT2D eigenvalue weighted by Gasteiger charge is -2.07. The molecule has 2 aromatic carbocycles. The summed E-state index contributed by atoms with van der Waals surface area (Å²) in [4.78, 5) is 11.9. The standard InChI is InChI=1S/C16H12FNO2/c1-2-11-20-13-9-7-12(8-10-13)16(19)18-15-6-4-3-5-14(15)17/h1,3-10H,11H2,(H,18,19). The van der Waals surface area contributed by atoms with Crippen molar-refractivity contribution >= 4 is 11.6 Å². The van der Waals surface area contributed by atoms with Crippen LogP contribution in [0.4, 0.5) is 10.1 Å². The molecule has 0 spiro atoms. The fraction of sp³-hybridized carbons (Fsp3) is 0.0625. The minimum atomic E-state index is -0.477. The van der Waals surface area contributed by atoms with Gasteiger partial charge in [-0.25, -0.2) is 4.39 Å². The third-order valence-corrected chi connectivity index (χ3v) is 2.56. The Hall–Kier alpha value is -2.80. The van der Waals surface area contributed by atoms with Gasteiger partial charge in [-0.3, -0.25) is 4.79 Å². The zero-order chi connectivity index (χ0) is 14.4. The fourth-order valence-corrected chi connectivity index (χ4v) is 1.58. The third kappa shape index (κ3) is 3.36. The van der Waals surface area contributed by atoms with E-state index >= 15 is 0 Å². The largest absolute Gasteiger partial charge is 0.481 e. The second-order valence-electron chi connectivity index (χ2n) is 3.95. The Morgan fingerprint density at radius 2 is 1.90 bits per heavy atom. The maximum Gasteiger partial charge on any atom is 0.255 e. The van der Waals surface area contributed by atoms with Gasteiger partial charge < -0.3 is 10.1 Å². The molecule has 0 aliphatic rings. The molecule has 0 fully saturated rings. The smallest absolute Gasteiger partial charge is 0.255 e. The quantitative estimate of drug-likeness (QED) is 0.866. The van der Waals surface area contributed by atoms with Crippen LogP contribution in [0.5, 0.6) is 5.75 Å². The molecule has 0 unspecified atom stereocenters. The molecule has 0 radical (unpaired) electrons. The molecule has 1 N–H and O–H groups in total. The third-order valence-electron chi connectivity index (χ3n) is 2.56. The van der Waals surface area contributed by atoms with E-state index in [1.54, 1.807) is 36.4 Å². The number of carbonyl (C=O) groups is 1. The Morgan fingerprint density at radius 1 is 1.20 bits per heavy atom. The topological polar surface area (TPSA) is 38.3 Å². The van der Waals surface area contributed by atoms with Gasteiger partial charge in [0.2, 0.25) is 0 Å². The lowest BCUT2D eigenvalue weighted by atomic mass is 10.2. The summed E-state index contributed by atoms with van der Waals surface area (Å²) in [5, 5.41) is 2.50. The number of hydrogen-bond acceptors (Lipinski definition) is 2. The van der Waals surface area contributed by atoms with Crippen LogP contribution in [0.15, 0.2) is 48.5 Å². The second kappa shape index (κ2) is 6.39. The number of para-hydroxylation sites is 1. The highest BCUT2D eigenvalue weighted by Crippen LogP contribution is 2.16. The normalized spacial score (nSPS) is 9.60. The van der Waals surface area contributed by atoms with Gasteiger partial charge in [0, 0.05) is 5.56 Å².